The Morgan fingerprint density at radius 3 is 2.18 bits per heavy atom. The van der Waals surface area contributed by atoms with Crippen LogP contribution in [0.5, 0.6) is 0 Å². The summed E-state index contributed by atoms with van der Waals surface area (Å²) in [6.45, 7) is 5.76. The lowest BCUT2D eigenvalue weighted by atomic mass is 10.1. The maximum absolute atomic E-state index is 9.29. The molecule has 0 aliphatic heterocycles. The van der Waals surface area contributed by atoms with Crippen LogP contribution in [0, 0.1) is 0 Å². The van der Waals surface area contributed by atoms with Gasteiger partial charge in [0.05, 0.1) is 12.2 Å². The smallest absolute Gasteiger partial charge is 0.166 e. The minimum atomic E-state index is -0.665. The van der Waals surface area contributed by atoms with Crippen molar-refractivity contribution in [3.63, 3.8) is 0 Å². The highest BCUT2D eigenvalue weighted by atomic mass is 127. The van der Waals surface area contributed by atoms with E-state index in [0.717, 1.165) is 0 Å². The lowest BCUT2D eigenvalue weighted by Gasteiger charge is -2.21. The van der Waals surface area contributed by atoms with Gasteiger partial charge < -0.3 is 9.84 Å². The van der Waals surface area contributed by atoms with Gasteiger partial charge in [-0.3, -0.25) is 5.73 Å². The number of hydrogen-bond acceptors (Lipinski definition) is 3. The zero-order valence-electron chi connectivity index (χ0n) is 7.22. The summed E-state index contributed by atoms with van der Waals surface area (Å²) in [6.07, 6.45) is 0.600. The number of nitrogens with two attached hydrogens (primary N) is 1. The molecule has 0 aliphatic carbocycles. The van der Waals surface area contributed by atoms with Gasteiger partial charge >= 0.3 is 0 Å². The van der Waals surface area contributed by atoms with Crippen LogP contribution in [0.2, 0.25) is 0 Å². The van der Waals surface area contributed by atoms with Crippen LogP contribution < -0.4 is 5.73 Å². The molecular weight excluding hydrogens is 257 g/mol. The largest absolute Gasteiger partial charge is 0.390 e. The first-order valence-corrected chi connectivity index (χ1v) is 4.63. The average Bonchev–Trinajstić information content (AvgIpc) is 1.55. The van der Waals surface area contributed by atoms with E-state index in [9.17, 15) is 5.11 Å². The fourth-order valence-corrected chi connectivity index (χ4v) is 0.721. The van der Waals surface area contributed by atoms with E-state index in [4.69, 9.17) is 10.5 Å². The van der Waals surface area contributed by atoms with E-state index in [2.05, 4.69) is 0 Å². The molecule has 1 atom stereocenters. The van der Waals surface area contributed by atoms with Crippen molar-refractivity contribution in [1.29, 1.82) is 0 Å². The first-order chi connectivity index (χ1) is 4.71. The zero-order valence-corrected chi connectivity index (χ0v) is 9.38. The topological polar surface area (TPSA) is 55.5 Å². The molecule has 4 heteroatoms. The van der Waals surface area contributed by atoms with Crippen LogP contribution in [-0.4, -0.2) is 21.0 Å². The summed E-state index contributed by atoms with van der Waals surface area (Å²) >= 11 is 2.00. The molecule has 0 amide bonds. The van der Waals surface area contributed by atoms with Crippen molar-refractivity contribution in [2.45, 2.75) is 36.5 Å². The molecule has 0 aromatic heterocycles. The standard InChI is InChI=1S/C7H16INO2/c1-6(2,10)4-5-11-7(3,8)9/h10H,4-5,9H2,1-3H3. The third-order valence-electron chi connectivity index (χ3n) is 1.10. The van der Waals surface area contributed by atoms with E-state index in [-0.39, 0.29) is 0 Å². The second-order valence-electron chi connectivity index (χ2n) is 3.40. The second kappa shape index (κ2) is 4.02. The van der Waals surface area contributed by atoms with Gasteiger partial charge in [-0.15, -0.1) is 0 Å². The van der Waals surface area contributed by atoms with E-state index in [0.29, 0.717) is 13.0 Å². The van der Waals surface area contributed by atoms with E-state index in [1.807, 2.05) is 22.6 Å². The lowest BCUT2D eigenvalue weighted by molar-refractivity contribution is 0.0000341. The quantitative estimate of drug-likeness (QED) is 0.350. The Morgan fingerprint density at radius 2 is 1.91 bits per heavy atom. The maximum atomic E-state index is 9.29. The summed E-state index contributed by atoms with van der Waals surface area (Å²) in [7, 11) is 0. The summed E-state index contributed by atoms with van der Waals surface area (Å²) in [5.74, 6) is 0. The van der Waals surface area contributed by atoms with Crippen molar-refractivity contribution in [1.82, 2.24) is 0 Å². The molecule has 0 spiro atoms. The number of alkyl halides is 1. The zero-order chi connectivity index (χ0) is 9.12. The van der Waals surface area contributed by atoms with Crippen molar-refractivity contribution < 1.29 is 9.84 Å². The Kier molecular flexibility index (Phi) is 4.24. The molecule has 0 heterocycles. The minimum absolute atomic E-state index is 0.486. The average molecular weight is 273 g/mol. The van der Waals surface area contributed by atoms with Crippen LogP contribution in [0.1, 0.15) is 27.2 Å². The highest BCUT2D eigenvalue weighted by molar-refractivity contribution is 14.1. The van der Waals surface area contributed by atoms with Crippen LogP contribution in [0.25, 0.3) is 0 Å². The molecule has 11 heavy (non-hydrogen) atoms. The SMILES string of the molecule is CC(C)(O)CCOC(C)(N)I. The molecule has 0 aliphatic rings. The first-order valence-electron chi connectivity index (χ1n) is 3.55. The molecular formula is C7H16INO2. The fraction of sp³-hybridized carbons (Fsp3) is 1.00. The van der Waals surface area contributed by atoms with Crippen molar-refractivity contribution >= 4 is 22.6 Å². The monoisotopic (exact) mass is 273 g/mol. The van der Waals surface area contributed by atoms with Crippen LogP contribution in [0.4, 0.5) is 0 Å². The molecule has 1 unspecified atom stereocenters. The molecule has 0 rings (SSSR count). The predicted molar refractivity (Wildman–Crippen MR) is 53.5 cm³/mol. The Hall–Kier alpha value is 0.610. The van der Waals surface area contributed by atoms with Crippen molar-refractivity contribution in [2.24, 2.45) is 5.73 Å². The maximum Gasteiger partial charge on any atom is 0.166 e. The van der Waals surface area contributed by atoms with Crippen molar-refractivity contribution in [3.8, 4) is 0 Å². The van der Waals surface area contributed by atoms with Gasteiger partial charge in [-0.1, -0.05) is 0 Å². The molecule has 3 nitrogen and oxygen atoms in total. The van der Waals surface area contributed by atoms with E-state index >= 15 is 0 Å². The Labute approximate surface area is 81.4 Å². The van der Waals surface area contributed by atoms with Crippen LogP contribution in [0.15, 0.2) is 0 Å². The van der Waals surface area contributed by atoms with Gasteiger partial charge in [0.15, 0.2) is 3.73 Å². The molecule has 68 valence electrons. The molecule has 0 bridgehead atoms. The molecule has 0 radical (unpaired) electrons. The highest BCUT2D eigenvalue weighted by Crippen LogP contribution is 2.14. The normalized spacial score (nSPS) is 18.0. The Bertz CT molecular complexity index is 101. The fourth-order valence-electron chi connectivity index (χ4n) is 0.500. The van der Waals surface area contributed by atoms with Gasteiger partial charge in [0.2, 0.25) is 0 Å². The summed E-state index contributed by atoms with van der Waals surface area (Å²) in [5, 5.41) is 9.29. The molecule has 3 N–H and O–H groups in total. The van der Waals surface area contributed by atoms with Crippen LogP contribution in [-0.2, 0) is 4.74 Å². The van der Waals surface area contributed by atoms with E-state index < -0.39 is 9.33 Å². The molecule has 0 aromatic carbocycles. The Balaban J connectivity index is 3.44. The predicted octanol–water partition coefficient (Wildman–Crippen LogP) is 1.23. The van der Waals surface area contributed by atoms with Gasteiger partial charge in [-0.2, -0.15) is 0 Å². The lowest BCUT2D eigenvalue weighted by Crippen LogP contribution is -2.33. The third kappa shape index (κ3) is 10.6. The summed E-state index contributed by atoms with van der Waals surface area (Å²) in [6, 6.07) is 0. The Morgan fingerprint density at radius 1 is 1.45 bits per heavy atom. The van der Waals surface area contributed by atoms with Gasteiger partial charge in [-0.25, -0.2) is 0 Å². The van der Waals surface area contributed by atoms with Crippen LogP contribution in [0.3, 0.4) is 0 Å². The molecule has 0 saturated carbocycles. The summed E-state index contributed by atoms with van der Waals surface area (Å²) in [4.78, 5) is 0. The summed E-state index contributed by atoms with van der Waals surface area (Å²) < 4.78 is 4.59. The number of halogens is 1. The van der Waals surface area contributed by atoms with E-state index in [1.165, 1.54) is 0 Å². The van der Waals surface area contributed by atoms with Gasteiger partial charge in [0, 0.05) is 0 Å². The van der Waals surface area contributed by atoms with Gasteiger partial charge in [0.25, 0.3) is 0 Å². The molecule has 0 saturated heterocycles. The van der Waals surface area contributed by atoms with E-state index in [1.54, 1.807) is 20.8 Å². The second-order valence-corrected chi connectivity index (χ2v) is 5.54. The number of aliphatic hydroxyl groups is 1. The number of rotatable bonds is 4. The van der Waals surface area contributed by atoms with Crippen LogP contribution >= 0.6 is 22.6 Å². The molecule has 0 aromatic rings. The van der Waals surface area contributed by atoms with Crippen molar-refractivity contribution in [3.05, 3.63) is 0 Å². The third-order valence-corrected chi connectivity index (χ3v) is 1.41. The highest BCUT2D eigenvalue weighted by Gasteiger charge is 2.16. The van der Waals surface area contributed by atoms with Gasteiger partial charge in [-0.05, 0) is 49.8 Å². The minimum Gasteiger partial charge on any atom is -0.390 e. The van der Waals surface area contributed by atoms with Crippen molar-refractivity contribution in [2.75, 3.05) is 6.61 Å². The van der Waals surface area contributed by atoms with Gasteiger partial charge in [0.1, 0.15) is 0 Å². The summed E-state index contributed by atoms with van der Waals surface area (Å²) in [5.41, 5.74) is 4.88. The molecule has 0 fully saturated rings. The number of ether oxygens (including phenoxy) is 1. The first kappa shape index (κ1) is 11.6. The number of hydrogen-bond donors (Lipinski definition) is 2.